The number of rotatable bonds is 6. The molecule has 0 aliphatic carbocycles. The number of hydrogen-bond acceptors (Lipinski definition) is 3. The molecule has 1 amide bonds. The molecule has 148 valence electrons. The molecule has 2 rings (SSSR count). The molecule has 0 aromatic carbocycles. The molecule has 2 heterocycles. The van der Waals surface area contributed by atoms with Crippen LogP contribution in [0.5, 0.6) is 0 Å². The molecular formula is C18H28F3N3O2. The predicted molar refractivity (Wildman–Crippen MR) is 91.8 cm³/mol. The molecule has 26 heavy (non-hydrogen) atoms. The molecule has 1 aromatic rings. The molecule has 1 aliphatic heterocycles. The van der Waals surface area contributed by atoms with Gasteiger partial charge in [0.2, 0.25) is 5.91 Å². The fraction of sp³-hybridized carbons (Fsp3) is 0.778. The Labute approximate surface area is 152 Å². The Bertz CT molecular complexity index is 657. The van der Waals surface area contributed by atoms with Crippen LogP contribution in [0, 0.1) is 13.8 Å². The number of alkyl halides is 3. The zero-order valence-corrected chi connectivity index (χ0v) is 15.9. The first-order valence-electron chi connectivity index (χ1n) is 9.09. The lowest BCUT2D eigenvalue weighted by molar-refractivity contribution is -0.143. The Kier molecular flexibility index (Phi) is 6.05. The van der Waals surface area contributed by atoms with Gasteiger partial charge in [-0.05, 0) is 40.0 Å². The van der Waals surface area contributed by atoms with Crippen LogP contribution in [0.1, 0.15) is 62.4 Å². The minimum atomic E-state index is -4.37. The van der Waals surface area contributed by atoms with Gasteiger partial charge in [-0.2, -0.15) is 18.3 Å². The maximum Gasteiger partial charge on any atom is 0.408 e. The molecule has 0 saturated carbocycles. The maximum absolute atomic E-state index is 13.1. The number of nitrogens with zero attached hydrogens (tertiary/aromatic N) is 3. The molecule has 1 aliphatic rings. The second-order valence-electron chi connectivity index (χ2n) is 7.30. The summed E-state index contributed by atoms with van der Waals surface area (Å²) in [5, 5.41) is 13.9. The van der Waals surface area contributed by atoms with Gasteiger partial charge in [-0.1, -0.05) is 13.3 Å². The first kappa shape index (κ1) is 20.7. The summed E-state index contributed by atoms with van der Waals surface area (Å²) in [6.07, 6.45) is -1.23. The summed E-state index contributed by atoms with van der Waals surface area (Å²) in [5.74, 6) is -0.749. The van der Waals surface area contributed by atoms with Crippen LogP contribution in [0.3, 0.4) is 0 Å². The van der Waals surface area contributed by atoms with Crippen molar-refractivity contribution in [3.05, 3.63) is 17.0 Å². The summed E-state index contributed by atoms with van der Waals surface area (Å²) in [6.45, 7) is 6.24. The van der Waals surface area contributed by atoms with E-state index in [0.717, 1.165) is 23.9 Å². The molecule has 0 bridgehead atoms. The van der Waals surface area contributed by atoms with Crippen molar-refractivity contribution >= 4 is 5.91 Å². The molecule has 2 atom stereocenters. The van der Waals surface area contributed by atoms with E-state index in [4.69, 9.17) is 0 Å². The Morgan fingerprint density at radius 1 is 1.38 bits per heavy atom. The van der Waals surface area contributed by atoms with Crippen molar-refractivity contribution < 1.29 is 23.1 Å². The van der Waals surface area contributed by atoms with Crippen LogP contribution < -0.4 is 0 Å². The lowest BCUT2D eigenvalue weighted by Gasteiger charge is -2.38. The average molecular weight is 375 g/mol. The van der Waals surface area contributed by atoms with E-state index < -0.39 is 24.2 Å². The molecular weight excluding hydrogens is 347 g/mol. The second kappa shape index (κ2) is 7.58. The molecule has 1 N–H and O–H groups in total. The molecule has 0 radical (unpaired) electrons. The number of aromatic nitrogens is 2. The Balaban J connectivity index is 2.31. The number of aliphatic hydroxyl groups is 1. The number of amides is 1. The summed E-state index contributed by atoms with van der Waals surface area (Å²) in [7, 11) is 0. The van der Waals surface area contributed by atoms with Crippen LogP contribution in [-0.4, -0.2) is 50.6 Å². The number of aliphatic hydroxyl groups excluding tert-OH is 1. The molecule has 5 nitrogen and oxygen atoms in total. The van der Waals surface area contributed by atoms with Gasteiger partial charge in [0.05, 0.1) is 23.8 Å². The van der Waals surface area contributed by atoms with Gasteiger partial charge in [0.15, 0.2) is 0 Å². The van der Waals surface area contributed by atoms with E-state index in [1.807, 2.05) is 6.92 Å². The monoisotopic (exact) mass is 375 g/mol. The minimum absolute atomic E-state index is 0.0927. The zero-order chi connectivity index (χ0) is 19.7. The smallest absolute Gasteiger partial charge is 0.394 e. The van der Waals surface area contributed by atoms with Gasteiger partial charge in [-0.25, -0.2) is 0 Å². The average Bonchev–Trinajstić information content (AvgIpc) is 3.07. The lowest BCUT2D eigenvalue weighted by Crippen LogP contribution is -2.51. The third-order valence-electron chi connectivity index (χ3n) is 5.44. The van der Waals surface area contributed by atoms with E-state index >= 15 is 0 Å². The van der Waals surface area contributed by atoms with Crippen molar-refractivity contribution in [1.29, 1.82) is 0 Å². The largest absolute Gasteiger partial charge is 0.408 e. The van der Waals surface area contributed by atoms with E-state index in [1.54, 1.807) is 25.7 Å². The van der Waals surface area contributed by atoms with Gasteiger partial charge >= 0.3 is 6.18 Å². The van der Waals surface area contributed by atoms with E-state index in [1.165, 1.54) is 0 Å². The van der Waals surface area contributed by atoms with Gasteiger partial charge in [0.1, 0.15) is 6.54 Å². The third kappa shape index (κ3) is 3.89. The Hall–Kier alpha value is -1.57. The number of carbonyl (C=O) groups is 1. The highest BCUT2D eigenvalue weighted by atomic mass is 19.4. The quantitative estimate of drug-likeness (QED) is 0.830. The maximum atomic E-state index is 13.1. The summed E-state index contributed by atoms with van der Waals surface area (Å²) in [6, 6.07) is 0. The van der Waals surface area contributed by atoms with Crippen molar-refractivity contribution in [2.24, 2.45) is 0 Å². The first-order chi connectivity index (χ1) is 12.1. The minimum Gasteiger partial charge on any atom is -0.394 e. The number of carbonyl (C=O) groups excluding carboxylic acids is 1. The van der Waals surface area contributed by atoms with Gasteiger partial charge in [0, 0.05) is 17.8 Å². The molecule has 0 spiro atoms. The highest BCUT2D eigenvalue weighted by Gasteiger charge is 2.44. The number of aryl methyl sites for hydroxylation is 1. The van der Waals surface area contributed by atoms with Crippen LogP contribution in [0.2, 0.25) is 0 Å². The van der Waals surface area contributed by atoms with Gasteiger partial charge < -0.3 is 10.0 Å². The molecule has 8 heteroatoms. The van der Waals surface area contributed by atoms with Crippen LogP contribution in [0.4, 0.5) is 13.2 Å². The fourth-order valence-electron chi connectivity index (χ4n) is 4.27. The van der Waals surface area contributed by atoms with Gasteiger partial charge in [-0.15, -0.1) is 0 Å². The van der Waals surface area contributed by atoms with Crippen molar-refractivity contribution in [2.75, 3.05) is 13.2 Å². The first-order valence-corrected chi connectivity index (χ1v) is 9.09. The van der Waals surface area contributed by atoms with Crippen LogP contribution in [0.25, 0.3) is 0 Å². The van der Waals surface area contributed by atoms with Crippen molar-refractivity contribution in [3.8, 4) is 0 Å². The van der Waals surface area contributed by atoms with Crippen molar-refractivity contribution in [1.82, 2.24) is 14.7 Å². The van der Waals surface area contributed by atoms with E-state index in [0.29, 0.717) is 29.9 Å². The molecule has 1 saturated heterocycles. The number of likely N-dealkylation sites (tertiary alicyclic amines) is 1. The van der Waals surface area contributed by atoms with Crippen LogP contribution >= 0.6 is 0 Å². The van der Waals surface area contributed by atoms with Crippen LogP contribution in [-0.2, 0) is 11.3 Å². The molecule has 0 unspecified atom stereocenters. The highest BCUT2D eigenvalue weighted by molar-refractivity contribution is 5.85. The zero-order valence-electron chi connectivity index (χ0n) is 15.9. The van der Waals surface area contributed by atoms with E-state index in [-0.39, 0.29) is 12.5 Å². The molecule has 1 aromatic heterocycles. The Morgan fingerprint density at radius 2 is 2.04 bits per heavy atom. The molecule has 1 fully saturated rings. The topological polar surface area (TPSA) is 58.4 Å². The summed E-state index contributed by atoms with van der Waals surface area (Å²) in [5.41, 5.74) is 0.806. The SMILES string of the molecule is CCC[C@@]1(CO)CCCN1C(=O)[C@@H](C)c1c(C)nn(CC(F)(F)F)c1C. The Morgan fingerprint density at radius 3 is 2.58 bits per heavy atom. The normalized spacial score (nSPS) is 22.1. The third-order valence-corrected chi connectivity index (χ3v) is 5.44. The van der Waals surface area contributed by atoms with Gasteiger partial charge in [0.25, 0.3) is 0 Å². The van der Waals surface area contributed by atoms with Gasteiger partial charge in [-0.3, -0.25) is 9.48 Å². The summed E-state index contributed by atoms with van der Waals surface area (Å²) >= 11 is 0. The number of halogens is 3. The second-order valence-corrected chi connectivity index (χ2v) is 7.30. The van der Waals surface area contributed by atoms with E-state index in [9.17, 15) is 23.1 Å². The summed E-state index contributed by atoms with van der Waals surface area (Å²) < 4.78 is 39.1. The van der Waals surface area contributed by atoms with Crippen LogP contribution in [0.15, 0.2) is 0 Å². The predicted octanol–water partition coefficient (Wildman–Crippen LogP) is 3.32. The highest BCUT2D eigenvalue weighted by Crippen LogP contribution is 2.37. The number of hydrogen-bond donors (Lipinski definition) is 1. The van der Waals surface area contributed by atoms with Crippen molar-refractivity contribution in [2.45, 2.75) is 77.6 Å². The van der Waals surface area contributed by atoms with E-state index in [2.05, 4.69) is 5.10 Å². The standard InChI is InChI=1S/C18H28F3N3O2/c1-5-7-17(11-25)8-6-9-23(17)16(26)12(2)15-13(3)22-24(14(15)4)10-18(19,20)21/h12,25H,5-11H2,1-4H3/t12-,17-/m0/s1. The fourth-order valence-corrected chi connectivity index (χ4v) is 4.27. The van der Waals surface area contributed by atoms with Crippen molar-refractivity contribution in [3.63, 3.8) is 0 Å². The summed E-state index contributed by atoms with van der Waals surface area (Å²) in [4.78, 5) is 14.9. The lowest BCUT2D eigenvalue weighted by atomic mass is 9.89.